The van der Waals surface area contributed by atoms with Crippen LogP contribution in [0.25, 0.3) is 0 Å². The van der Waals surface area contributed by atoms with Crippen molar-refractivity contribution >= 4 is 33.4 Å². The number of amides is 1. The zero-order chi connectivity index (χ0) is 22.1. The second-order valence-corrected chi connectivity index (χ2v) is 8.94. The normalized spacial score (nSPS) is 13.6. The summed E-state index contributed by atoms with van der Waals surface area (Å²) >= 11 is 9.54. The third-order valence-corrected chi connectivity index (χ3v) is 6.05. The molecule has 6 nitrogen and oxygen atoms in total. The molecule has 1 aliphatic rings. The van der Waals surface area contributed by atoms with E-state index in [1.807, 2.05) is 30.3 Å². The fourth-order valence-corrected chi connectivity index (χ4v) is 4.01. The fraction of sp³-hybridized carbons (Fsp3) is 0.435. The lowest BCUT2D eigenvalue weighted by Gasteiger charge is -2.27. The van der Waals surface area contributed by atoms with Crippen molar-refractivity contribution < 1.29 is 14.3 Å². The Morgan fingerprint density at radius 1 is 1.26 bits per heavy atom. The molecule has 0 bridgehead atoms. The van der Waals surface area contributed by atoms with Crippen molar-refractivity contribution in [1.82, 2.24) is 16.0 Å². The molecule has 0 radical (unpaired) electrons. The first kappa shape index (κ1) is 24.0. The maximum Gasteiger partial charge on any atom is 0.251 e. The summed E-state index contributed by atoms with van der Waals surface area (Å²) in [7, 11) is 1.65. The van der Waals surface area contributed by atoms with Gasteiger partial charge in [0.2, 0.25) is 0 Å². The summed E-state index contributed by atoms with van der Waals surface area (Å²) in [5.41, 5.74) is 2.59. The van der Waals surface area contributed by atoms with Gasteiger partial charge in [0, 0.05) is 67.1 Å². The van der Waals surface area contributed by atoms with E-state index in [4.69, 9.17) is 21.1 Å². The summed E-state index contributed by atoms with van der Waals surface area (Å²) in [5.74, 6) is 1.22. The summed E-state index contributed by atoms with van der Waals surface area (Å²) < 4.78 is 12.0. The molecule has 0 atom stereocenters. The number of methoxy groups -OCH3 is 1. The number of benzene rings is 2. The van der Waals surface area contributed by atoms with Gasteiger partial charge >= 0.3 is 0 Å². The maximum absolute atomic E-state index is 12.7. The Balaban J connectivity index is 1.67. The van der Waals surface area contributed by atoms with Crippen LogP contribution in [0.3, 0.4) is 0 Å². The number of carbonyl (C=O) groups excluding carboxylic acids is 1. The van der Waals surface area contributed by atoms with E-state index in [-0.39, 0.29) is 5.91 Å². The minimum absolute atomic E-state index is 0.112. The Morgan fingerprint density at radius 2 is 2.10 bits per heavy atom. The van der Waals surface area contributed by atoms with Gasteiger partial charge in [0.1, 0.15) is 12.4 Å². The van der Waals surface area contributed by atoms with E-state index in [0.717, 1.165) is 41.7 Å². The molecule has 168 valence electrons. The van der Waals surface area contributed by atoms with Gasteiger partial charge in [0.05, 0.1) is 0 Å². The zero-order valence-electron chi connectivity index (χ0n) is 17.7. The molecule has 2 aromatic rings. The van der Waals surface area contributed by atoms with Crippen LogP contribution in [0.5, 0.6) is 5.75 Å². The van der Waals surface area contributed by atoms with E-state index in [2.05, 4.69) is 31.9 Å². The number of nitrogens with one attached hydrogen (secondary N) is 3. The molecule has 8 heteroatoms. The monoisotopic (exact) mass is 509 g/mol. The summed E-state index contributed by atoms with van der Waals surface area (Å²) in [5, 5.41) is 10.4. The lowest BCUT2D eigenvalue weighted by atomic mass is 10.0. The van der Waals surface area contributed by atoms with Gasteiger partial charge in [-0.2, -0.15) is 0 Å². The van der Waals surface area contributed by atoms with Crippen molar-refractivity contribution in [3.8, 4) is 5.75 Å². The minimum atomic E-state index is -0.112. The molecule has 31 heavy (non-hydrogen) atoms. The van der Waals surface area contributed by atoms with E-state index in [9.17, 15) is 4.79 Å². The van der Waals surface area contributed by atoms with E-state index in [1.54, 1.807) is 13.2 Å². The average molecular weight is 511 g/mol. The van der Waals surface area contributed by atoms with Crippen LogP contribution in [0.2, 0.25) is 5.02 Å². The Morgan fingerprint density at radius 3 is 2.81 bits per heavy atom. The van der Waals surface area contributed by atoms with E-state index in [0.29, 0.717) is 48.6 Å². The molecule has 2 aromatic carbocycles. The number of hydrogen-bond acceptors (Lipinski definition) is 5. The van der Waals surface area contributed by atoms with Crippen LogP contribution >= 0.6 is 27.5 Å². The molecule has 0 aromatic heterocycles. The van der Waals surface area contributed by atoms with Crippen molar-refractivity contribution in [3.05, 3.63) is 62.6 Å². The van der Waals surface area contributed by atoms with E-state index >= 15 is 0 Å². The highest BCUT2D eigenvalue weighted by molar-refractivity contribution is 9.10. The number of hydrogen-bond donors (Lipinski definition) is 3. The van der Waals surface area contributed by atoms with Gasteiger partial charge in [-0.3, -0.25) is 4.79 Å². The van der Waals surface area contributed by atoms with Crippen LogP contribution in [0.1, 0.15) is 27.9 Å². The second kappa shape index (κ2) is 12.4. The largest absolute Gasteiger partial charge is 0.489 e. The zero-order valence-corrected chi connectivity index (χ0v) is 20.0. The second-order valence-electron chi connectivity index (χ2n) is 7.65. The number of rotatable bonds is 12. The lowest BCUT2D eigenvalue weighted by molar-refractivity contribution is 0.0948. The maximum atomic E-state index is 12.7. The molecule has 0 unspecified atom stereocenters. The van der Waals surface area contributed by atoms with Gasteiger partial charge in [-0.15, -0.1) is 0 Å². The molecule has 1 aliphatic heterocycles. The van der Waals surface area contributed by atoms with Crippen molar-refractivity contribution in [2.24, 2.45) is 5.92 Å². The SMILES string of the molecule is COCCCNC(=O)c1cc(CNCC2CNC2)cc(OCc2ccc(Cl)cc2Br)c1. The third kappa shape index (κ3) is 7.77. The summed E-state index contributed by atoms with van der Waals surface area (Å²) in [4.78, 5) is 12.7. The predicted molar refractivity (Wildman–Crippen MR) is 127 cm³/mol. The highest BCUT2D eigenvalue weighted by atomic mass is 79.9. The Kier molecular flexibility index (Phi) is 9.61. The molecule has 1 amide bonds. The topological polar surface area (TPSA) is 71.6 Å². The van der Waals surface area contributed by atoms with Crippen LogP contribution in [0.4, 0.5) is 0 Å². The average Bonchev–Trinajstić information content (AvgIpc) is 2.72. The van der Waals surface area contributed by atoms with Gasteiger partial charge in [-0.1, -0.05) is 33.6 Å². The first-order valence-electron chi connectivity index (χ1n) is 10.4. The van der Waals surface area contributed by atoms with Gasteiger partial charge in [-0.25, -0.2) is 0 Å². The number of ether oxygens (including phenoxy) is 2. The van der Waals surface area contributed by atoms with Crippen LogP contribution in [-0.4, -0.2) is 45.8 Å². The van der Waals surface area contributed by atoms with Crippen LogP contribution < -0.4 is 20.7 Å². The molecule has 1 fully saturated rings. The third-order valence-electron chi connectivity index (χ3n) is 5.08. The summed E-state index contributed by atoms with van der Waals surface area (Å²) in [6.45, 7) is 5.30. The highest BCUT2D eigenvalue weighted by Crippen LogP contribution is 2.24. The Bertz CT molecular complexity index is 877. The lowest BCUT2D eigenvalue weighted by Crippen LogP contribution is -2.47. The summed E-state index contributed by atoms with van der Waals surface area (Å²) in [6, 6.07) is 11.3. The van der Waals surface area contributed by atoms with Crippen LogP contribution in [0, 0.1) is 5.92 Å². The van der Waals surface area contributed by atoms with Crippen LogP contribution in [-0.2, 0) is 17.9 Å². The molecular formula is C23H29BrClN3O3. The number of carbonyl (C=O) groups is 1. The predicted octanol–water partition coefficient (Wildman–Crippen LogP) is 3.76. The standard InChI is InChI=1S/C23H29BrClN3O3/c1-30-6-2-5-28-23(29)19-7-16(11-26-12-17-13-27-14-17)8-21(9-19)31-15-18-3-4-20(25)10-22(18)24/h3-4,7-10,17,26-27H,2,5-6,11-15H2,1H3,(H,28,29). The van der Waals surface area contributed by atoms with Crippen molar-refractivity contribution in [2.45, 2.75) is 19.6 Å². The Hall–Kier alpha value is -1.64. The quantitative estimate of drug-likeness (QED) is 0.379. The molecular weight excluding hydrogens is 482 g/mol. The molecule has 3 rings (SSSR count). The van der Waals surface area contributed by atoms with Gasteiger partial charge in [-0.05, 0) is 48.2 Å². The van der Waals surface area contributed by atoms with Crippen molar-refractivity contribution in [3.63, 3.8) is 0 Å². The van der Waals surface area contributed by atoms with Gasteiger partial charge in [0.15, 0.2) is 0 Å². The van der Waals surface area contributed by atoms with Crippen molar-refractivity contribution in [1.29, 1.82) is 0 Å². The summed E-state index contributed by atoms with van der Waals surface area (Å²) in [6.07, 6.45) is 0.771. The van der Waals surface area contributed by atoms with E-state index in [1.165, 1.54) is 0 Å². The van der Waals surface area contributed by atoms with Gasteiger partial charge in [0.25, 0.3) is 5.91 Å². The first-order valence-corrected chi connectivity index (χ1v) is 11.6. The minimum Gasteiger partial charge on any atom is -0.489 e. The molecule has 1 saturated heterocycles. The molecule has 0 spiro atoms. The Labute approximate surface area is 197 Å². The fourth-order valence-electron chi connectivity index (χ4n) is 3.21. The van der Waals surface area contributed by atoms with Crippen molar-refractivity contribution in [2.75, 3.05) is 39.9 Å². The number of halogens is 2. The molecule has 3 N–H and O–H groups in total. The molecule has 0 saturated carbocycles. The van der Waals surface area contributed by atoms with Crippen LogP contribution in [0.15, 0.2) is 40.9 Å². The first-order chi connectivity index (χ1) is 15.0. The molecule has 0 aliphatic carbocycles. The molecule has 1 heterocycles. The van der Waals surface area contributed by atoms with E-state index < -0.39 is 0 Å². The smallest absolute Gasteiger partial charge is 0.251 e. The van der Waals surface area contributed by atoms with Gasteiger partial charge < -0.3 is 25.4 Å². The highest BCUT2D eigenvalue weighted by Gasteiger charge is 2.16.